The van der Waals surface area contributed by atoms with Crippen molar-refractivity contribution >= 4 is 47.5 Å². The van der Waals surface area contributed by atoms with E-state index < -0.39 is 71.0 Å². The zero-order chi connectivity index (χ0) is 38.2. The predicted octanol–water partition coefficient (Wildman–Crippen LogP) is 2.20. The zero-order valence-electron chi connectivity index (χ0n) is 27.2. The van der Waals surface area contributed by atoms with Crippen LogP contribution in [0.25, 0.3) is 0 Å². The summed E-state index contributed by atoms with van der Waals surface area (Å²) in [5.41, 5.74) is -1.35. The van der Waals surface area contributed by atoms with Crippen molar-refractivity contribution in [3.63, 3.8) is 0 Å². The van der Waals surface area contributed by atoms with Crippen LogP contribution in [0.2, 0.25) is 0 Å². The third kappa shape index (κ3) is 13.1. The maximum Gasteiger partial charge on any atom is 0.356 e. The molecule has 0 saturated carbocycles. The van der Waals surface area contributed by atoms with Crippen LogP contribution in [0.1, 0.15) is 27.7 Å². The van der Waals surface area contributed by atoms with Gasteiger partial charge in [-0.3, -0.25) is 29.8 Å². The molecule has 0 spiro atoms. The van der Waals surface area contributed by atoms with Crippen molar-refractivity contribution in [3.8, 4) is 0 Å². The first-order valence-electron chi connectivity index (χ1n) is 13.2. The molecule has 0 unspecified atom stereocenters. The second-order valence-electron chi connectivity index (χ2n) is 9.09. The number of rotatable bonds is 16. The second kappa shape index (κ2) is 19.5. The van der Waals surface area contributed by atoms with Gasteiger partial charge in [0.15, 0.2) is 0 Å². The summed E-state index contributed by atoms with van der Waals surface area (Å²) in [7, 11) is 0. The summed E-state index contributed by atoms with van der Waals surface area (Å²) in [6, 6.07) is 0. The molecular formula is C32H34N4O13. The first-order chi connectivity index (χ1) is 22.7. The lowest BCUT2D eigenvalue weighted by atomic mass is 10.3. The topological polar surface area (TPSA) is 213 Å². The fourth-order valence-electron chi connectivity index (χ4n) is 2.35. The number of ether oxygens (including phenoxy) is 3. The molecule has 260 valence electrons. The molecule has 0 bridgehead atoms. The predicted molar refractivity (Wildman–Crippen MR) is 170 cm³/mol. The molecule has 0 radical (unpaired) electrons. The van der Waals surface area contributed by atoms with E-state index in [1.807, 2.05) is 10.6 Å². The van der Waals surface area contributed by atoms with Crippen molar-refractivity contribution in [1.29, 1.82) is 0 Å². The first-order valence-corrected chi connectivity index (χ1v) is 13.2. The Kier molecular flexibility index (Phi) is 16.7. The van der Waals surface area contributed by atoms with E-state index in [0.717, 1.165) is 27.7 Å². The number of nitrogens with one attached hydrogen (secondary N) is 2. The minimum atomic E-state index is -1.37. The normalized spacial score (nSPS) is 10.8. The van der Waals surface area contributed by atoms with Crippen LogP contribution in [-0.4, -0.2) is 57.6 Å². The Morgan fingerprint density at radius 3 is 1.02 bits per heavy atom. The van der Waals surface area contributed by atoms with Gasteiger partial charge in [-0.2, -0.15) is 0 Å². The standard InChI is InChI=1S/C32H34N4O13/c1-13-21(37)33-25(35(27(41)17(5)6)48-23(39)15-3)31(45-29(43)19(9)10)47-32(46-30(44)20(11)12)26(34-22(38)14-2)36(28(42)18(7)8)49-24(40)16-4/h13-16H,1-5,7,9,11H2,6,8,10,12H3,(H,33,37)(H,34,38). The van der Waals surface area contributed by atoms with E-state index in [0.29, 0.717) is 24.3 Å². The summed E-state index contributed by atoms with van der Waals surface area (Å²) < 4.78 is 16.0. The summed E-state index contributed by atoms with van der Waals surface area (Å²) in [5, 5.41) is 4.11. The van der Waals surface area contributed by atoms with Gasteiger partial charge in [-0.25, -0.2) is 19.2 Å². The van der Waals surface area contributed by atoms with E-state index in [2.05, 4.69) is 52.6 Å². The molecule has 0 atom stereocenters. The van der Waals surface area contributed by atoms with Gasteiger partial charge in [0.1, 0.15) is 0 Å². The number of carbonyl (C=O) groups is 8. The molecule has 17 nitrogen and oxygen atoms in total. The Hall–Kier alpha value is -7.04. The van der Waals surface area contributed by atoms with Crippen molar-refractivity contribution in [2.24, 2.45) is 0 Å². The largest absolute Gasteiger partial charge is 0.386 e. The van der Waals surface area contributed by atoms with Crippen LogP contribution in [-0.2, 0) is 62.2 Å². The van der Waals surface area contributed by atoms with Crippen molar-refractivity contribution in [2.45, 2.75) is 27.7 Å². The van der Waals surface area contributed by atoms with Crippen LogP contribution in [0.5, 0.6) is 0 Å². The Morgan fingerprint density at radius 1 is 0.490 bits per heavy atom. The average molecular weight is 683 g/mol. The minimum absolute atomic E-state index is 0.0313. The first kappa shape index (κ1) is 42.0. The van der Waals surface area contributed by atoms with E-state index in [1.165, 1.54) is 0 Å². The molecule has 4 amide bonds. The highest BCUT2D eigenvalue weighted by molar-refractivity contribution is 5.97. The molecule has 0 aliphatic rings. The van der Waals surface area contributed by atoms with Gasteiger partial charge in [0.2, 0.25) is 23.5 Å². The number of hydroxylamine groups is 4. The summed E-state index contributed by atoms with van der Waals surface area (Å²) >= 11 is 0. The van der Waals surface area contributed by atoms with E-state index >= 15 is 0 Å². The Bertz CT molecular complexity index is 1510. The molecule has 0 rings (SSSR count). The van der Waals surface area contributed by atoms with E-state index in [4.69, 9.17) is 23.9 Å². The molecule has 0 fully saturated rings. The third-order valence-corrected chi connectivity index (χ3v) is 4.69. The number of nitrogens with zero attached hydrogens (tertiary/aromatic N) is 2. The highest BCUT2D eigenvalue weighted by Gasteiger charge is 2.36. The molecule has 0 heterocycles. The van der Waals surface area contributed by atoms with Gasteiger partial charge in [-0.05, 0) is 39.8 Å². The SMILES string of the molecule is C=CC(=O)NC(=C(OC(=O)C(=C)C)OC(OC(=O)C(=C)C)=C(NC(=O)C=C)N(OC(=O)C=C)C(=O)C(=C)C)N(OC(=O)C=C)C(=O)C(=C)C. The van der Waals surface area contributed by atoms with Crippen molar-refractivity contribution < 1.29 is 62.2 Å². The fraction of sp³-hybridized carbons (Fsp3) is 0.125. The van der Waals surface area contributed by atoms with Crippen LogP contribution in [0, 0.1) is 0 Å². The van der Waals surface area contributed by atoms with E-state index in [-0.39, 0.29) is 32.4 Å². The molecule has 17 heteroatoms. The summed E-state index contributed by atoms with van der Waals surface area (Å²) in [5.74, 6) is -15.2. The van der Waals surface area contributed by atoms with Crippen LogP contribution >= 0.6 is 0 Å². The molecule has 0 aliphatic carbocycles. The van der Waals surface area contributed by atoms with Gasteiger partial charge in [0.25, 0.3) is 11.8 Å². The lowest BCUT2D eigenvalue weighted by Crippen LogP contribution is -2.43. The highest BCUT2D eigenvalue weighted by atomic mass is 16.8. The molecule has 0 aromatic heterocycles. The minimum Gasteiger partial charge on any atom is -0.386 e. The third-order valence-electron chi connectivity index (χ3n) is 4.69. The number of esters is 2. The number of hydrogen-bond acceptors (Lipinski definition) is 13. The van der Waals surface area contributed by atoms with Crippen molar-refractivity contribution in [2.75, 3.05) is 0 Å². The molecule has 2 N–H and O–H groups in total. The summed E-state index contributed by atoms with van der Waals surface area (Å²) in [6.07, 6.45) is 2.52. The molecule has 0 aliphatic heterocycles. The van der Waals surface area contributed by atoms with Crippen LogP contribution in [0.15, 0.2) is 123 Å². The van der Waals surface area contributed by atoms with Crippen molar-refractivity contribution in [1.82, 2.24) is 20.8 Å². The van der Waals surface area contributed by atoms with Gasteiger partial charge in [0, 0.05) is 34.4 Å². The smallest absolute Gasteiger partial charge is 0.356 e. The Balaban J connectivity index is 8.68. The lowest BCUT2D eigenvalue weighted by Gasteiger charge is -2.27. The Labute approximate surface area is 281 Å². The molecule has 49 heavy (non-hydrogen) atoms. The number of carbonyl (C=O) groups excluding carboxylic acids is 8. The number of hydrogen-bond donors (Lipinski definition) is 2. The maximum absolute atomic E-state index is 13.2. The maximum atomic E-state index is 13.2. The van der Waals surface area contributed by atoms with Gasteiger partial charge < -0.3 is 23.9 Å². The van der Waals surface area contributed by atoms with Gasteiger partial charge in [0.05, 0.1) is 0 Å². The van der Waals surface area contributed by atoms with E-state index in [1.54, 1.807) is 0 Å². The monoisotopic (exact) mass is 682 g/mol. The molecular weight excluding hydrogens is 648 g/mol. The van der Waals surface area contributed by atoms with Gasteiger partial charge in [-0.1, -0.05) is 52.6 Å². The van der Waals surface area contributed by atoms with Crippen LogP contribution in [0.4, 0.5) is 0 Å². The highest BCUT2D eigenvalue weighted by Crippen LogP contribution is 2.24. The van der Waals surface area contributed by atoms with Crippen LogP contribution < -0.4 is 10.6 Å². The summed E-state index contributed by atoms with van der Waals surface area (Å²) in [6.45, 7) is 31.3. The fourth-order valence-corrected chi connectivity index (χ4v) is 2.35. The molecule has 0 saturated heterocycles. The van der Waals surface area contributed by atoms with Gasteiger partial charge in [-0.15, -0.1) is 10.1 Å². The lowest BCUT2D eigenvalue weighted by molar-refractivity contribution is -0.189. The second-order valence-corrected chi connectivity index (χ2v) is 9.09. The van der Waals surface area contributed by atoms with Gasteiger partial charge >= 0.3 is 35.8 Å². The molecule has 0 aromatic rings. The van der Waals surface area contributed by atoms with Crippen molar-refractivity contribution in [3.05, 3.63) is 123 Å². The summed E-state index contributed by atoms with van der Waals surface area (Å²) in [4.78, 5) is 112. The van der Waals surface area contributed by atoms with E-state index in [9.17, 15) is 38.4 Å². The molecule has 0 aromatic carbocycles. The Morgan fingerprint density at radius 2 is 0.796 bits per heavy atom. The quantitative estimate of drug-likeness (QED) is 0.104. The number of amides is 4. The average Bonchev–Trinajstić information content (AvgIpc) is 3.05. The zero-order valence-corrected chi connectivity index (χ0v) is 27.2. The van der Waals surface area contributed by atoms with Crippen LogP contribution in [0.3, 0.4) is 0 Å².